The van der Waals surface area contributed by atoms with Gasteiger partial charge in [0.25, 0.3) is 0 Å². The molecule has 1 N–H and O–H groups in total. The van der Waals surface area contributed by atoms with Crippen LogP contribution in [0.4, 0.5) is 0 Å². The van der Waals surface area contributed by atoms with E-state index >= 15 is 0 Å². The molecule has 1 aromatic rings. The summed E-state index contributed by atoms with van der Waals surface area (Å²) in [4.78, 5) is 4.52. The van der Waals surface area contributed by atoms with E-state index < -0.39 is 0 Å². The fourth-order valence-electron chi connectivity index (χ4n) is 2.09. The Kier molecular flexibility index (Phi) is 6.98. The second-order valence-corrected chi connectivity index (χ2v) is 4.77. The van der Waals surface area contributed by atoms with Crippen LogP contribution in [0.3, 0.4) is 0 Å². The Hall–Kier alpha value is -0.870. The van der Waals surface area contributed by atoms with E-state index in [2.05, 4.69) is 41.8 Å². The molecule has 0 aliphatic rings. The molecule has 2 atom stereocenters. The van der Waals surface area contributed by atoms with E-state index in [1.54, 1.807) is 7.11 Å². The smallest absolute Gasteiger partial charge is 0.125 e. The predicted octanol–water partition coefficient (Wildman–Crippen LogP) is 2.76. The second-order valence-electron chi connectivity index (χ2n) is 4.77. The molecule has 0 aliphatic heterocycles. The van der Waals surface area contributed by atoms with Gasteiger partial charge in [-0.1, -0.05) is 13.8 Å². The van der Waals surface area contributed by atoms with E-state index in [4.69, 9.17) is 4.74 Å². The summed E-state index contributed by atoms with van der Waals surface area (Å²) in [7, 11) is 1.76. The standard InChI is InChI=1S/C14H27N3O/c1-5-7-15-13(11-12(3)18-4)14-16-8-10-17(14)9-6-2/h8,10,12-13,15H,5-7,9,11H2,1-4H3. The van der Waals surface area contributed by atoms with Gasteiger partial charge in [-0.25, -0.2) is 4.98 Å². The lowest BCUT2D eigenvalue weighted by Crippen LogP contribution is -2.28. The van der Waals surface area contributed by atoms with Crippen molar-refractivity contribution in [3.05, 3.63) is 18.2 Å². The zero-order valence-electron chi connectivity index (χ0n) is 12.1. The van der Waals surface area contributed by atoms with Crippen molar-refractivity contribution >= 4 is 0 Å². The molecule has 104 valence electrons. The second kappa shape index (κ2) is 8.27. The van der Waals surface area contributed by atoms with Crippen LogP contribution in [0.25, 0.3) is 0 Å². The number of methoxy groups -OCH3 is 1. The predicted molar refractivity (Wildman–Crippen MR) is 74.6 cm³/mol. The molecule has 0 amide bonds. The van der Waals surface area contributed by atoms with Crippen LogP contribution >= 0.6 is 0 Å². The molecule has 0 aromatic carbocycles. The Morgan fingerprint density at radius 1 is 1.39 bits per heavy atom. The first kappa shape index (κ1) is 15.2. The average molecular weight is 253 g/mol. The highest BCUT2D eigenvalue weighted by Gasteiger charge is 2.18. The molecule has 0 saturated heterocycles. The van der Waals surface area contributed by atoms with Gasteiger partial charge in [0.2, 0.25) is 0 Å². The summed E-state index contributed by atoms with van der Waals surface area (Å²) in [5.41, 5.74) is 0. The van der Waals surface area contributed by atoms with Crippen molar-refractivity contribution in [1.29, 1.82) is 0 Å². The monoisotopic (exact) mass is 253 g/mol. The van der Waals surface area contributed by atoms with Gasteiger partial charge in [0, 0.05) is 26.0 Å². The molecule has 2 unspecified atom stereocenters. The van der Waals surface area contributed by atoms with Gasteiger partial charge in [-0.05, 0) is 32.7 Å². The lowest BCUT2D eigenvalue weighted by atomic mass is 10.1. The van der Waals surface area contributed by atoms with Crippen molar-refractivity contribution < 1.29 is 4.74 Å². The quantitative estimate of drug-likeness (QED) is 0.735. The van der Waals surface area contributed by atoms with Crippen LogP contribution in [0.5, 0.6) is 0 Å². The van der Waals surface area contributed by atoms with Gasteiger partial charge in [-0.15, -0.1) is 0 Å². The molecule has 1 heterocycles. The molecule has 0 saturated carbocycles. The maximum Gasteiger partial charge on any atom is 0.125 e. The van der Waals surface area contributed by atoms with Crippen molar-refractivity contribution in [2.75, 3.05) is 13.7 Å². The highest BCUT2D eigenvalue weighted by molar-refractivity contribution is 5.00. The molecule has 4 nitrogen and oxygen atoms in total. The fraction of sp³-hybridized carbons (Fsp3) is 0.786. The third kappa shape index (κ3) is 4.42. The summed E-state index contributed by atoms with van der Waals surface area (Å²) < 4.78 is 7.63. The summed E-state index contributed by atoms with van der Waals surface area (Å²) in [6.07, 6.45) is 7.42. The average Bonchev–Trinajstić information content (AvgIpc) is 2.82. The van der Waals surface area contributed by atoms with E-state index in [0.29, 0.717) is 0 Å². The fourth-order valence-corrected chi connectivity index (χ4v) is 2.09. The number of hydrogen-bond acceptors (Lipinski definition) is 3. The highest BCUT2D eigenvalue weighted by atomic mass is 16.5. The largest absolute Gasteiger partial charge is 0.382 e. The van der Waals surface area contributed by atoms with Crippen molar-refractivity contribution in [3.63, 3.8) is 0 Å². The Morgan fingerprint density at radius 2 is 2.17 bits per heavy atom. The minimum Gasteiger partial charge on any atom is -0.382 e. The summed E-state index contributed by atoms with van der Waals surface area (Å²) >= 11 is 0. The number of nitrogens with one attached hydrogen (secondary N) is 1. The number of aromatic nitrogens is 2. The van der Waals surface area contributed by atoms with Crippen LogP contribution in [-0.2, 0) is 11.3 Å². The molecule has 0 aliphatic carbocycles. The van der Waals surface area contributed by atoms with Crippen LogP contribution in [0.1, 0.15) is 51.9 Å². The van der Waals surface area contributed by atoms with Crippen LogP contribution in [0.2, 0.25) is 0 Å². The lowest BCUT2D eigenvalue weighted by Gasteiger charge is -2.22. The molecular formula is C14H27N3O. The van der Waals surface area contributed by atoms with E-state index in [-0.39, 0.29) is 12.1 Å². The van der Waals surface area contributed by atoms with Crippen molar-refractivity contribution in [2.24, 2.45) is 0 Å². The Bertz CT molecular complexity index is 325. The maximum absolute atomic E-state index is 5.38. The van der Waals surface area contributed by atoms with Crippen molar-refractivity contribution in [1.82, 2.24) is 14.9 Å². The normalized spacial score (nSPS) is 14.7. The molecule has 1 aromatic heterocycles. The summed E-state index contributed by atoms with van der Waals surface area (Å²) in [5.74, 6) is 1.13. The SMILES string of the molecule is CCCNC(CC(C)OC)c1nccn1CCC. The number of nitrogens with zero attached hydrogens (tertiary/aromatic N) is 2. The lowest BCUT2D eigenvalue weighted by molar-refractivity contribution is 0.0989. The zero-order chi connectivity index (χ0) is 13.4. The third-order valence-corrected chi connectivity index (χ3v) is 3.13. The summed E-state index contributed by atoms with van der Waals surface area (Å²) in [6, 6.07) is 0.279. The van der Waals surface area contributed by atoms with Gasteiger partial charge in [0.15, 0.2) is 0 Å². The van der Waals surface area contributed by atoms with Gasteiger partial charge >= 0.3 is 0 Å². The van der Waals surface area contributed by atoms with Crippen LogP contribution in [0.15, 0.2) is 12.4 Å². The Balaban J connectivity index is 2.76. The van der Waals surface area contributed by atoms with E-state index in [1.165, 1.54) is 0 Å². The first-order valence-corrected chi connectivity index (χ1v) is 7.00. The van der Waals surface area contributed by atoms with E-state index in [1.807, 2.05) is 6.20 Å². The van der Waals surface area contributed by atoms with Gasteiger partial charge in [0.05, 0.1) is 12.1 Å². The number of imidazole rings is 1. The molecule has 1 rings (SSSR count). The van der Waals surface area contributed by atoms with Gasteiger partial charge < -0.3 is 14.6 Å². The topological polar surface area (TPSA) is 39.1 Å². The van der Waals surface area contributed by atoms with Gasteiger partial charge in [-0.2, -0.15) is 0 Å². The first-order valence-electron chi connectivity index (χ1n) is 7.00. The minimum atomic E-state index is 0.242. The summed E-state index contributed by atoms with van der Waals surface area (Å²) in [6.45, 7) is 8.52. The van der Waals surface area contributed by atoms with Crippen molar-refractivity contribution in [3.8, 4) is 0 Å². The van der Waals surface area contributed by atoms with Crippen LogP contribution < -0.4 is 5.32 Å². The van der Waals surface area contributed by atoms with Gasteiger partial charge in [-0.3, -0.25) is 0 Å². The van der Waals surface area contributed by atoms with Crippen molar-refractivity contribution in [2.45, 2.75) is 58.7 Å². The molecule has 4 heteroatoms. The first-order chi connectivity index (χ1) is 8.72. The summed E-state index contributed by atoms with van der Waals surface area (Å²) in [5, 5.41) is 3.57. The van der Waals surface area contributed by atoms with Crippen LogP contribution in [0, 0.1) is 0 Å². The van der Waals surface area contributed by atoms with Gasteiger partial charge in [0.1, 0.15) is 5.82 Å². The zero-order valence-corrected chi connectivity index (χ0v) is 12.1. The van der Waals surface area contributed by atoms with E-state index in [0.717, 1.165) is 38.2 Å². The molecule has 0 fully saturated rings. The number of ether oxygens (including phenoxy) is 1. The number of aryl methyl sites for hydroxylation is 1. The maximum atomic E-state index is 5.38. The van der Waals surface area contributed by atoms with Crippen LogP contribution in [-0.4, -0.2) is 29.3 Å². The number of rotatable bonds is 9. The Labute approximate surface area is 111 Å². The molecular weight excluding hydrogens is 226 g/mol. The molecule has 18 heavy (non-hydrogen) atoms. The number of hydrogen-bond donors (Lipinski definition) is 1. The Morgan fingerprint density at radius 3 is 2.78 bits per heavy atom. The molecule has 0 bridgehead atoms. The van der Waals surface area contributed by atoms with E-state index in [9.17, 15) is 0 Å². The minimum absolute atomic E-state index is 0.242. The molecule has 0 spiro atoms. The highest BCUT2D eigenvalue weighted by Crippen LogP contribution is 2.18. The molecule has 0 radical (unpaired) electrons. The third-order valence-electron chi connectivity index (χ3n) is 3.13.